The molecule has 0 bridgehead atoms. The number of piperazine rings is 1. The summed E-state index contributed by atoms with van der Waals surface area (Å²) in [6, 6.07) is 1.40. The lowest BCUT2D eigenvalue weighted by Crippen LogP contribution is -2.55. The second kappa shape index (κ2) is 4.62. The van der Waals surface area contributed by atoms with E-state index in [1.807, 2.05) is 0 Å². The number of carbonyl (C=O) groups excluding carboxylic acids is 1. The van der Waals surface area contributed by atoms with E-state index in [2.05, 4.69) is 16.7 Å². The summed E-state index contributed by atoms with van der Waals surface area (Å²) in [6.07, 6.45) is 3.43. The van der Waals surface area contributed by atoms with E-state index < -0.39 is 0 Å². The molecular weight excluding hydrogens is 188 g/mol. The summed E-state index contributed by atoms with van der Waals surface area (Å²) in [5.74, 6) is 0.316. The molecule has 2 fully saturated rings. The van der Waals surface area contributed by atoms with Crippen LogP contribution in [0, 0.1) is 0 Å². The summed E-state index contributed by atoms with van der Waals surface area (Å²) in [7, 11) is 0. The van der Waals surface area contributed by atoms with Gasteiger partial charge in [-0.3, -0.25) is 14.6 Å². The maximum atomic E-state index is 11.0. The van der Waals surface area contributed by atoms with Crippen LogP contribution in [0.4, 0.5) is 0 Å². The van der Waals surface area contributed by atoms with Crippen molar-refractivity contribution in [2.24, 2.45) is 0 Å². The maximum absolute atomic E-state index is 11.0. The van der Waals surface area contributed by atoms with E-state index in [0.717, 1.165) is 19.0 Å². The van der Waals surface area contributed by atoms with E-state index in [4.69, 9.17) is 0 Å². The zero-order valence-electron chi connectivity index (χ0n) is 9.91. The van der Waals surface area contributed by atoms with E-state index in [1.165, 1.54) is 32.5 Å². The molecule has 0 radical (unpaired) electrons. The highest BCUT2D eigenvalue weighted by atomic mass is 16.1. The largest absolute Gasteiger partial charge is 0.300 e. The first-order valence-corrected chi connectivity index (χ1v) is 6.14. The van der Waals surface area contributed by atoms with Crippen molar-refractivity contribution in [3.8, 4) is 0 Å². The molecule has 0 aliphatic carbocycles. The third-order valence-corrected chi connectivity index (χ3v) is 3.82. The van der Waals surface area contributed by atoms with Crippen LogP contribution >= 0.6 is 0 Å². The van der Waals surface area contributed by atoms with Crippen molar-refractivity contribution in [1.82, 2.24) is 9.80 Å². The summed E-state index contributed by atoms with van der Waals surface area (Å²) in [5.41, 5.74) is 0. The topological polar surface area (TPSA) is 23.6 Å². The predicted octanol–water partition coefficient (Wildman–Crippen LogP) is 1.13. The lowest BCUT2D eigenvalue weighted by atomic mass is 10.1. The van der Waals surface area contributed by atoms with Gasteiger partial charge in [0, 0.05) is 38.1 Å². The smallest absolute Gasteiger partial charge is 0.131 e. The number of hydrogen-bond donors (Lipinski definition) is 0. The van der Waals surface area contributed by atoms with Crippen LogP contribution in [0.5, 0.6) is 0 Å². The molecule has 2 aliphatic rings. The van der Waals surface area contributed by atoms with Crippen LogP contribution in [0.2, 0.25) is 0 Å². The number of nitrogens with zero attached hydrogens (tertiary/aromatic N) is 2. The molecule has 2 aliphatic heterocycles. The Bertz CT molecular complexity index is 242. The molecule has 0 aromatic heterocycles. The van der Waals surface area contributed by atoms with Crippen LogP contribution in [0.3, 0.4) is 0 Å². The van der Waals surface area contributed by atoms with Gasteiger partial charge in [0.1, 0.15) is 5.78 Å². The number of fused-ring (bicyclic) bond motifs is 1. The van der Waals surface area contributed by atoms with Gasteiger partial charge >= 0.3 is 0 Å². The highest BCUT2D eigenvalue weighted by molar-refractivity contribution is 5.75. The fraction of sp³-hybridized carbons (Fsp3) is 0.917. The lowest BCUT2D eigenvalue weighted by Gasteiger charge is -2.42. The monoisotopic (exact) mass is 210 g/mol. The minimum absolute atomic E-state index is 0.316. The second-order valence-corrected chi connectivity index (χ2v) is 5.09. The number of Topliss-reactive ketones (excluding diaryl/α,β-unsaturated/α-hetero) is 1. The van der Waals surface area contributed by atoms with Crippen molar-refractivity contribution >= 4 is 5.78 Å². The average molecular weight is 210 g/mol. The molecule has 15 heavy (non-hydrogen) atoms. The zero-order valence-corrected chi connectivity index (χ0v) is 9.91. The maximum Gasteiger partial charge on any atom is 0.131 e. The molecule has 0 N–H and O–H groups in total. The third kappa shape index (κ3) is 2.58. The molecule has 0 aromatic carbocycles. The van der Waals surface area contributed by atoms with Gasteiger partial charge in [-0.2, -0.15) is 0 Å². The standard InChI is InChI=1S/C12H22N2O/c1-10-8-14-6-3-4-12(14)9-13(10)7-5-11(2)15/h10,12H,3-9H2,1-2H3. The number of ketones is 1. The van der Waals surface area contributed by atoms with Gasteiger partial charge in [0.25, 0.3) is 0 Å². The Hall–Kier alpha value is -0.410. The summed E-state index contributed by atoms with van der Waals surface area (Å²) in [6.45, 7) is 8.60. The Labute approximate surface area is 92.4 Å². The Balaban J connectivity index is 1.86. The Kier molecular flexibility index (Phi) is 3.42. The van der Waals surface area contributed by atoms with Crippen molar-refractivity contribution in [3.05, 3.63) is 0 Å². The van der Waals surface area contributed by atoms with Gasteiger partial charge in [-0.05, 0) is 33.2 Å². The number of rotatable bonds is 3. The van der Waals surface area contributed by atoms with Gasteiger partial charge in [0.2, 0.25) is 0 Å². The van der Waals surface area contributed by atoms with Gasteiger partial charge in [-0.1, -0.05) is 0 Å². The minimum Gasteiger partial charge on any atom is -0.300 e. The first-order chi connectivity index (χ1) is 7.16. The number of hydrogen-bond acceptors (Lipinski definition) is 3. The van der Waals surface area contributed by atoms with Crippen LogP contribution in [0.1, 0.15) is 33.1 Å². The quantitative estimate of drug-likeness (QED) is 0.698. The fourth-order valence-corrected chi connectivity index (χ4v) is 2.86. The molecule has 2 atom stereocenters. The molecule has 2 heterocycles. The molecule has 2 rings (SSSR count). The SMILES string of the molecule is CC(=O)CCN1CC2CCCN2CC1C. The van der Waals surface area contributed by atoms with Gasteiger partial charge in [-0.15, -0.1) is 0 Å². The molecule has 2 saturated heterocycles. The predicted molar refractivity (Wildman–Crippen MR) is 60.9 cm³/mol. The van der Waals surface area contributed by atoms with E-state index in [9.17, 15) is 4.79 Å². The molecule has 86 valence electrons. The summed E-state index contributed by atoms with van der Waals surface area (Å²) in [4.78, 5) is 16.1. The average Bonchev–Trinajstić information content (AvgIpc) is 2.60. The van der Waals surface area contributed by atoms with E-state index >= 15 is 0 Å². The lowest BCUT2D eigenvalue weighted by molar-refractivity contribution is -0.117. The van der Waals surface area contributed by atoms with Crippen LogP contribution < -0.4 is 0 Å². The van der Waals surface area contributed by atoms with Crippen molar-refractivity contribution in [2.75, 3.05) is 26.2 Å². The van der Waals surface area contributed by atoms with Crippen LogP contribution in [0.15, 0.2) is 0 Å². The molecular formula is C12H22N2O. The van der Waals surface area contributed by atoms with Gasteiger partial charge in [-0.25, -0.2) is 0 Å². The molecule has 3 heteroatoms. The molecule has 0 spiro atoms. The second-order valence-electron chi connectivity index (χ2n) is 5.09. The van der Waals surface area contributed by atoms with Crippen LogP contribution in [0.25, 0.3) is 0 Å². The Morgan fingerprint density at radius 2 is 2.20 bits per heavy atom. The molecule has 0 amide bonds. The highest BCUT2D eigenvalue weighted by Gasteiger charge is 2.33. The van der Waals surface area contributed by atoms with Crippen molar-refractivity contribution in [3.63, 3.8) is 0 Å². The van der Waals surface area contributed by atoms with Gasteiger partial charge < -0.3 is 0 Å². The number of carbonyl (C=O) groups is 1. The Morgan fingerprint density at radius 3 is 2.93 bits per heavy atom. The van der Waals surface area contributed by atoms with Crippen LogP contribution in [-0.4, -0.2) is 53.8 Å². The molecule has 2 unspecified atom stereocenters. The van der Waals surface area contributed by atoms with Gasteiger partial charge in [0.05, 0.1) is 0 Å². The van der Waals surface area contributed by atoms with Crippen molar-refractivity contribution in [1.29, 1.82) is 0 Å². The molecule has 0 saturated carbocycles. The zero-order chi connectivity index (χ0) is 10.8. The van der Waals surface area contributed by atoms with Crippen molar-refractivity contribution in [2.45, 2.75) is 45.2 Å². The Morgan fingerprint density at radius 1 is 1.40 bits per heavy atom. The highest BCUT2D eigenvalue weighted by Crippen LogP contribution is 2.24. The normalized spacial score (nSPS) is 32.9. The van der Waals surface area contributed by atoms with Crippen molar-refractivity contribution < 1.29 is 4.79 Å². The first-order valence-electron chi connectivity index (χ1n) is 6.14. The first kappa shape index (κ1) is 11.1. The third-order valence-electron chi connectivity index (χ3n) is 3.82. The fourth-order valence-electron chi connectivity index (χ4n) is 2.86. The van der Waals surface area contributed by atoms with Gasteiger partial charge in [0.15, 0.2) is 0 Å². The molecule has 3 nitrogen and oxygen atoms in total. The summed E-state index contributed by atoms with van der Waals surface area (Å²) < 4.78 is 0. The summed E-state index contributed by atoms with van der Waals surface area (Å²) in [5, 5.41) is 0. The van der Waals surface area contributed by atoms with E-state index in [0.29, 0.717) is 11.8 Å². The van der Waals surface area contributed by atoms with E-state index in [1.54, 1.807) is 6.92 Å². The molecule has 0 aromatic rings. The minimum atomic E-state index is 0.316. The van der Waals surface area contributed by atoms with Crippen LogP contribution in [-0.2, 0) is 4.79 Å². The van der Waals surface area contributed by atoms with E-state index in [-0.39, 0.29) is 0 Å². The summed E-state index contributed by atoms with van der Waals surface area (Å²) >= 11 is 0.